The predicted molar refractivity (Wildman–Crippen MR) is 67.4 cm³/mol. The van der Waals surface area contributed by atoms with Gasteiger partial charge in [0.2, 0.25) is 5.91 Å². The molecule has 0 radical (unpaired) electrons. The van der Waals surface area contributed by atoms with E-state index in [-0.39, 0.29) is 6.42 Å². The summed E-state index contributed by atoms with van der Waals surface area (Å²) in [5, 5.41) is 2.50. The van der Waals surface area contributed by atoms with E-state index < -0.39 is 35.5 Å². The molecule has 3 atom stereocenters. The second kappa shape index (κ2) is 5.69. The van der Waals surface area contributed by atoms with Crippen LogP contribution in [0.25, 0.3) is 0 Å². The zero-order valence-electron chi connectivity index (χ0n) is 11.7. The highest BCUT2D eigenvalue weighted by atomic mass is 19.4. The molecular formula is C13H23F3N2O. The largest absolute Gasteiger partial charge is 0.393 e. The molecule has 1 amide bonds. The van der Waals surface area contributed by atoms with E-state index in [0.29, 0.717) is 19.3 Å². The zero-order chi connectivity index (χ0) is 14.8. The van der Waals surface area contributed by atoms with Crippen molar-refractivity contribution in [2.45, 2.75) is 64.7 Å². The van der Waals surface area contributed by atoms with Crippen LogP contribution in [0.1, 0.15) is 46.5 Å². The van der Waals surface area contributed by atoms with Gasteiger partial charge in [0, 0.05) is 6.04 Å². The molecule has 3 unspecified atom stereocenters. The average molecular weight is 280 g/mol. The first-order valence-corrected chi connectivity index (χ1v) is 6.66. The van der Waals surface area contributed by atoms with Gasteiger partial charge in [0.05, 0.1) is 12.0 Å². The van der Waals surface area contributed by atoms with Gasteiger partial charge in [-0.25, -0.2) is 0 Å². The number of rotatable bonds is 2. The fourth-order valence-electron chi connectivity index (χ4n) is 2.36. The molecule has 0 bridgehead atoms. The molecule has 1 rings (SSSR count). The molecule has 1 aliphatic rings. The number of nitrogens with two attached hydrogens (primary N) is 1. The Morgan fingerprint density at radius 1 is 1.21 bits per heavy atom. The van der Waals surface area contributed by atoms with Crippen LogP contribution < -0.4 is 11.1 Å². The van der Waals surface area contributed by atoms with E-state index >= 15 is 0 Å². The molecule has 3 N–H and O–H groups in total. The molecule has 112 valence electrons. The van der Waals surface area contributed by atoms with Crippen LogP contribution >= 0.6 is 0 Å². The van der Waals surface area contributed by atoms with Crippen LogP contribution in [-0.2, 0) is 4.79 Å². The van der Waals surface area contributed by atoms with Crippen LogP contribution in [0.4, 0.5) is 13.2 Å². The molecule has 3 nitrogen and oxygen atoms in total. The molecule has 0 aromatic carbocycles. The van der Waals surface area contributed by atoms with Gasteiger partial charge in [-0.1, -0.05) is 33.6 Å². The van der Waals surface area contributed by atoms with Gasteiger partial charge < -0.3 is 11.1 Å². The maximum atomic E-state index is 12.9. The van der Waals surface area contributed by atoms with E-state index in [4.69, 9.17) is 5.73 Å². The fraction of sp³-hybridized carbons (Fsp3) is 0.923. The van der Waals surface area contributed by atoms with Gasteiger partial charge in [-0.15, -0.1) is 0 Å². The third-order valence-corrected chi connectivity index (χ3v) is 3.73. The third-order valence-electron chi connectivity index (χ3n) is 3.73. The Bertz CT molecular complexity index is 323. The first-order chi connectivity index (χ1) is 8.53. The number of carbonyl (C=O) groups is 1. The first-order valence-electron chi connectivity index (χ1n) is 6.66. The summed E-state index contributed by atoms with van der Waals surface area (Å²) in [5.74, 6) is -1.94. The summed E-state index contributed by atoms with van der Waals surface area (Å²) in [4.78, 5) is 11.9. The summed E-state index contributed by atoms with van der Waals surface area (Å²) in [5.41, 5.74) is 5.31. The lowest BCUT2D eigenvalue weighted by Gasteiger charge is -2.35. The summed E-state index contributed by atoms with van der Waals surface area (Å²) in [7, 11) is 0. The van der Waals surface area contributed by atoms with Crippen molar-refractivity contribution in [1.82, 2.24) is 5.32 Å². The van der Waals surface area contributed by atoms with Gasteiger partial charge in [-0.05, 0) is 18.3 Å². The molecular weight excluding hydrogens is 257 g/mol. The summed E-state index contributed by atoms with van der Waals surface area (Å²) < 4.78 is 38.7. The van der Waals surface area contributed by atoms with Crippen LogP contribution in [0.2, 0.25) is 0 Å². The van der Waals surface area contributed by atoms with Crippen LogP contribution in [0, 0.1) is 11.3 Å². The molecule has 1 saturated carbocycles. The van der Waals surface area contributed by atoms with E-state index in [1.807, 2.05) is 0 Å². The summed E-state index contributed by atoms with van der Waals surface area (Å²) in [6.07, 6.45) is -2.54. The van der Waals surface area contributed by atoms with Crippen molar-refractivity contribution in [2.24, 2.45) is 17.1 Å². The van der Waals surface area contributed by atoms with Crippen molar-refractivity contribution >= 4 is 5.91 Å². The topological polar surface area (TPSA) is 55.1 Å². The lowest BCUT2D eigenvalue weighted by molar-refractivity contribution is -0.189. The Morgan fingerprint density at radius 3 is 2.21 bits per heavy atom. The summed E-state index contributed by atoms with van der Waals surface area (Å²) in [6, 6.07) is -1.64. The molecule has 0 saturated heterocycles. The van der Waals surface area contributed by atoms with Crippen LogP contribution in [-0.4, -0.2) is 24.2 Å². The molecule has 0 aliphatic heterocycles. The van der Waals surface area contributed by atoms with Crippen molar-refractivity contribution in [1.29, 1.82) is 0 Å². The smallest absolute Gasteiger partial charge is 0.351 e. The quantitative estimate of drug-likeness (QED) is 0.817. The van der Waals surface area contributed by atoms with E-state index in [1.54, 1.807) is 20.8 Å². The maximum Gasteiger partial charge on any atom is 0.393 e. The monoisotopic (exact) mass is 280 g/mol. The molecule has 0 aromatic heterocycles. The van der Waals surface area contributed by atoms with Crippen molar-refractivity contribution in [3.63, 3.8) is 0 Å². The Balaban J connectivity index is 2.71. The minimum absolute atomic E-state index is 0.0825. The van der Waals surface area contributed by atoms with Crippen molar-refractivity contribution in [3.8, 4) is 0 Å². The first kappa shape index (κ1) is 16.3. The van der Waals surface area contributed by atoms with Gasteiger partial charge in [-0.3, -0.25) is 4.79 Å². The van der Waals surface area contributed by atoms with Crippen molar-refractivity contribution < 1.29 is 18.0 Å². The molecule has 0 aromatic rings. The zero-order valence-corrected chi connectivity index (χ0v) is 11.7. The Hall–Kier alpha value is -0.780. The number of hydrogen-bond acceptors (Lipinski definition) is 2. The molecule has 1 fully saturated rings. The molecule has 0 heterocycles. The van der Waals surface area contributed by atoms with E-state index in [0.717, 1.165) is 0 Å². The van der Waals surface area contributed by atoms with Gasteiger partial charge in [0.1, 0.15) is 0 Å². The minimum atomic E-state index is -4.26. The Kier molecular flexibility index (Phi) is 4.87. The van der Waals surface area contributed by atoms with Gasteiger partial charge in [0.15, 0.2) is 0 Å². The van der Waals surface area contributed by atoms with Crippen LogP contribution in [0.3, 0.4) is 0 Å². The lowest BCUT2D eigenvalue weighted by Crippen LogP contribution is -2.55. The molecule has 0 spiro atoms. The number of nitrogens with one attached hydrogen (secondary N) is 1. The second-order valence-electron chi connectivity index (χ2n) is 6.39. The fourth-order valence-corrected chi connectivity index (χ4v) is 2.36. The lowest BCUT2D eigenvalue weighted by atomic mass is 9.82. The van der Waals surface area contributed by atoms with Gasteiger partial charge in [0.25, 0.3) is 0 Å². The van der Waals surface area contributed by atoms with E-state index in [2.05, 4.69) is 5.32 Å². The average Bonchev–Trinajstić information content (AvgIpc) is 2.26. The standard InChI is InChI=1S/C13H23F3N2O/c1-12(2,3)10(17)11(19)18-9-7-5-4-6-8(9)13(14,15)16/h8-10H,4-7,17H2,1-3H3,(H,18,19). The number of carbonyl (C=O) groups excluding carboxylic acids is 1. The number of alkyl halides is 3. The maximum absolute atomic E-state index is 12.9. The SMILES string of the molecule is CC(C)(C)C(N)C(=O)NC1CCCCC1C(F)(F)F. The predicted octanol–water partition coefficient (Wildman–Crippen LogP) is 2.60. The van der Waals surface area contributed by atoms with Crippen LogP contribution in [0.5, 0.6) is 0 Å². The highest BCUT2D eigenvalue weighted by Crippen LogP contribution is 2.37. The second-order valence-corrected chi connectivity index (χ2v) is 6.39. The summed E-state index contributed by atoms with van der Waals surface area (Å²) in [6.45, 7) is 5.37. The van der Waals surface area contributed by atoms with E-state index in [9.17, 15) is 18.0 Å². The highest BCUT2D eigenvalue weighted by Gasteiger charge is 2.46. The Morgan fingerprint density at radius 2 is 1.74 bits per heavy atom. The molecule has 1 aliphatic carbocycles. The number of hydrogen-bond donors (Lipinski definition) is 2. The third kappa shape index (κ3) is 4.37. The number of amides is 1. The van der Waals surface area contributed by atoms with E-state index in [1.165, 1.54) is 0 Å². The van der Waals surface area contributed by atoms with Gasteiger partial charge >= 0.3 is 6.18 Å². The normalized spacial score (nSPS) is 26.9. The highest BCUT2D eigenvalue weighted by molar-refractivity contribution is 5.82. The molecule has 19 heavy (non-hydrogen) atoms. The summed E-state index contributed by atoms with van der Waals surface area (Å²) >= 11 is 0. The van der Waals surface area contributed by atoms with Crippen molar-refractivity contribution in [2.75, 3.05) is 0 Å². The minimum Gasteiger partial charge on any atom is -0.351 e. The van der Waals surface area contributed by atoms with Crippen LogP contribution in [0.15, 0.2) is 0 Å². The van der Waals surface area contributed by atoms with Gasteiger partial charge in [-0.2, -0.15) is 13.2 Å². The van der Waals surface area contributed by atoms with Crippen molar-refractivity contribution in [3.05, 3.63) is 0 Å². The Labute approximate surface area is 112 Å². The number of halogens is 3. The molecule has 6 heteroatoms.